The maximum Gasteiger partial charge on any atom is 0.240 e. The molecule has 1 heterocycles. The van der Waals surface area contributed by atoms with Gasteiger partial charge in [-0.1, -0.05) is 43.1 Å². The average molecular weight is 392 g/mol. The van der Waals surface area contributed by atoms with Crippen LogP contribution in [0.1, 0.15) is 32.8 Å². The highest BCUT2D eigenvalue weighted by Gasteiger charge is 2.34. The average Bonchev–Trinajstić information content (AvgIpc) is 2.48. The van der Waals surface area contributed by atoms with Gasteiger partial charge in [-0.3, -0.25) is 4.79 Å². The highest BCUT2D eigenvalue weighted by Crippen LogP contribution is 2.26. The summed E-state index contributed by atoms with van der Waals surface area (Å²) in [5, 5.41) is -0.385. The van der Waals surface area contributed by atoms with E-state index in [1.807, 2.05) is 0 Å². The van der Waals surface area contributed by atoms with E-state index >= 15 is 0 Å². The van der Waals surface area contributed by atoms with Crippen LogP contribution in [0.5, 0.6) is 0 Å². The molecule has 1 aliphatic heterocycles. The molecule has 1 amide bonds. The van der Waals surface area contributed by atoms with Crippen LogP contribution < -0.4 is 0 Å². The van der Waals surface area contributed by atoms with E-state index in [9.17, 15) is 13.2 Å². The van der Waals surface area contributed by atoms with Crippen LogP contribution in [0.3, 0.4) is 0 Å². The van der Waals surface area contributed by atoms with Gasteiger partial charge in [-0.2, -0.15) is 0 Å². The van der Waals surface area contributed by atoms with E-state index in [1.165, 1.54) is 13.0 Å². The van der Waals surface area contributed by atoms with Gasteiger partial charge in [0.05, 0.1) is 15.8 Å². The van der Waals surface area contributed by atoms with Crippen molar-refractivity contribution in [3.05, 3.63) is 33.8 Å². The number of hydrogen-bond donors (Lipinski definition) is 0. The number of hydrogen-bond acceptors (Lipinski definition) is 3. The summed E-state index contributed by atoms with van der Waals surface area (Å²) in [6.07, 6.45) is 1.06. The Hall–Kier alpha value is -0.780. The Morgan fingerprint density at radius 3 is 2.33 bits per heavy atom. The zero-order chi connectivity index (χ0) is 18.1. The number of benzene rings is 1. The first-order valence-electron chi connectivity index (χ1n) is 8.04. The molecule has 1 aromatic carbocycles. The standard InChI is InChI=1S/C17H23Cl2NO3S/c1-11-6-12(2)9-20(8-11)17(21)13(3)24(22,23)10-14-4-5-15(18)16(19)7-14/h4-5,7,11-13H,6,8-10H2,1-3H3/t11-,12-,13-/m1/s1. The van der Waals surface area contributed by atoms with E-state index < -0.39 is 15.1 Å². The van der Waals surface area contributed by atoms with Crippen molar-refractivity contribution in [2.24, 2.45) is 11.8 Å². The van der Waals surface area contributed by atoms with Crippen molar-refractivity contribution in [3.8, 4) is 0 Å². The number of nitrogens with zero attached hydrogens (tertiary/aromatic N) is 1. The fraction of sp³-hybridized carbons (Fsp3) is 0.588. The summed E-state index contributed by atoms with van der Waals surface area (Å²) in [6, 6.07) is 4.72. The smallest absolute Gasteiger partial charge is 0.240 e. The Morgan fingerprint density at radius 1 is 1.21 bits per heavy atom. The van der Waals surface area contributed by atoms with Gasteiger partial charge < -0.3 is 4.90 Å². The molecule has 7 heteroatoms. The van der Waals surface area contributed by atoms with E-state index in [2.05, 4.69) is 13.8 Å². The molecule has 4 nitrogen and oxygen atoms in total. The largest absolute Gasteiger partial charge is 0.341 e. The number of carbonyl (C=O) groups is 1. The highest BCUT2D eigenvalue weighted by atomic mass is 35.5. The molecule has 134 valence electrons. The van der Waals surface area contributed by atoms with Crippen LogP contribution in [-0.4, -0.2) is 37.6 Å². The van der Waals surface area contributed by atoms with Crippen LogP contribution in [0, 0.1) is 11.8 Å². The molecule has 0 aromatic heterocycles. The summed E-state index contributed by atoms with van der Waals surface area (Å²) in [7, 11) is -3.62. The molecule has 0 saturated carbocycles. The molecule has 3 atom stereocenters. The Labute approximate surface area is 154 Å². The first-order chi connectivity index (χ1) is 11.1. The fourth-order valence-corrected chi connectivity index (χ4v) is 4.91. The molecule has 0 spiro atoms. The topological polar surface area (TPSA) is 54.5 Å². The van der Waals surface area contributed by atoms with E-state index in [-0.39, 0.29) is 11.7 Å². The quantitative estimate of drug-likeness (QED) is 0.783. The number of likely N-dealkylation sites (tertiary alicyclic amines) is 1. The van der Waals surface area contributed by atoms with Crippen molar-refractivity contribution in [1.82, 2.24) is 4.90 Å². The molecular weight excluding hydrogens is 369 g/mol. The van der Waals surface area contributed by atoms with Gasteiger partial charge in [-0.25, -0.2) is 8.42 Å². The van der Waals surface area contributed by atoms with Gasteiger partial charge >= 0.3 is 0 Å². The first kappa shape index (κ1) is 19.5. The number of rotatable bonds is 4. The summed E-state index contributed by atoms with van der Waals surface area (Å²) >= 11 is 11.8. The third kappa shape index (κ3) is 4.64. The Morgan fingerprint density at radius 2 is 1.79 bits per heavy atom. The van der Waals surface area contributed by atoms with E-state index in [1.54, 1.807) is 17.0 Å². The molecule has 0 aliphatic carbocycles. The van der Waals surface area contributed by atoms with Gasteiger partial charge in [0.1, 0.15) is 5.25 Å². The van der Waals surface area contributed by atoms with Crippen LogP contribution in [0.25, 0.3) is 0 Å². The second-order valence-corrected chi connectivity index (χ2v) is 10.0. The lowest BCUT2D eigenvalue weighted by atomic mass is 9.92. The van der Waals surface area contributed by atoms with Crippen molar-refractivity contribution in [1.29, 1.82) is 0 Å². The minimum atomic E-state index is -3.62. The molecule has 1 saturated heterocycles. The third-order valence-corrected chi connectivity index (χ3v) is 7.17. The second-order valence-electron chi connectivity index (χ2n) is 6.89. The molecule has 0 unspecified atom stereocenters. The maximum atomic E-state index is 12.6. The third-order valence-electron chi connectivity index (χ3n) is 4.42. The van der Waals surface area contributed by atoms with Crippen LogP contribution in [0.2, 0.25) is 10.0 Å². The van der Waals surface area contributed by atoms with E-state index in [0.29, 0.717) is 40.5 Å². The molecule has 1 aliphatic rings. The number of halogens is 2. The normalized spacial score (nSPS) is 23.1. The minimum absolute atomic E-state index is 0.226. The van der Waals surface area contributed by atoms with Crippen molar-refractivity contribution in [2.45, 2.75) is 38.2 Å². The summed E-state index contributed by atoms with van der Waals surface area (Å²) in [5.74, 6) is 0.245. The van der Waals surface area contributed by atoms with E-state index in [4.69, 9.17) is 23.2 Å². The zero-order valence-electron chi connectivity index (χ0n) is 14.1. The highest BCUT2D eigenvalue weighted by molar-refractivity contribution is 7.92. The van der Waals surface area contributed by atoms with Gasteiger partial charge in [-0.15, -0.1) is 0 Å². The second kappa shape index (κ2) is 7.63. The molecule has 2 rings (SSSR count). The SMILES string of the molecule is C[C@@H]1C[C@@H](C)CN(C(=O)[C@@H](C)S(=O)(=O)Cc2ccc(Cl)c(Cl)c2)C1. The van der Waals surface area contributed by atoms with Crippen LogP contribution in [0.4, 0.5) is 0 Å². The zero-order valence-corrected chi connectivity index (χ0v) is 16.5. The van der Waals surface area contributed by atoms with Crippen LogP contribution in [-0.2, 0) is 20.4 Å². The van der Waals surface area contributed by atoms with Gasteiger partial charge in [0.15, 0.2) is 9.84 Å². The Bertz CT molecular complexity index is 711. The minimum Gasteiger partial charge on any atom is -0.341 e. The summed E-state index contributed by atoms with van der Waals surface area (Å²) < 4.78 is 25.2. The molecule has 24 heavy (non-hydrogen) atoms. The van der Waals surface area contributed by atoms with Gasteiger partial charge in [0, 0.05) is 13.1 Å². The molecular formula is C17H23Cl2NO3S. The number of piperidine rings is 1. The Kier molecular flexibility index (Phi) is 6.21. The van der Waals surface area contributed by atoms with Crippen molar-refractivity contribution in [2.75, 3.05) is 13.1 Å². The number of amides is 1. The lowest BCUT2D eigenvalue weighted by molar-refractivity contribution is -0.133. The summed E-state index contributed by atoms with van der Waals surface area (Å²) in [5.41, 5.74) is 0.532. The molecule has 0 N–H and O–H groups in total. The number of carbonyl (C=O) groups excluding carboxylic acids is 1. The molecule has 0 bridgehead atoms. The van der Waals surface area contributed by atoms with Crippen molar-refractivity contribution >= 4 is 38.9 Å². The van der Waals surface area contributed by atoms with E-state index in [0.717, 1.165) is 6.42 Å². The maximum absolute atomic E-state index is 12.6. The monoisotopic (exact) mass is 391 g/mol. The molecule has 0 radical (unpaired) electrons. The van der Waals surface area contributed by atoms with Gasteiger partial charge in [0.25, 0.3) is 0 Å². The van der Waals surface area contributed by atoms with Gasteiger partial charge in [-0.05, 0) is 42.9 Å². The lowest BCUT2D eigenvalue weighted by Crippen LogP contribution is -2.48. The Balaban J connectivity index is 2.12. The van der Waals surface area contributed by atoms with Gasteiger partial charge in [0.2, 0.25) is 5.91 Å². The molecule has 1 fully saturated rings. The summed E-state index contributed by atoms with van der Waals surface area (Å²) in [6.45, 7) is 6.89. The molecule has 1 aromatic rings. The lowest BCUT2D eigenvalue weighted by Gasteiger charge is -2.36. The van der Waals surface area contributed by atoms with Crippen LogP contribution >= 0.6 is 23.2 Å². The first-order valence-corrected chi connectivity index (χ1v) is 10.5. The predicted octanol–water partition coefficient (Wildman–Crippen LogP) is 3.80. The summed E-state index contributed by atoms with van der Waals surface area (Å²) in [4.78, 5) is 14.3. The number of sulfone groups is 1. The van der Waals surface area contributed by atoms with Crippen molar-refractivity contribution in [3.63, 3.8) is 0 Å². The van der Waals surface area contributed by atoms with Crippen molar-refractivity contribution < 1.29 is 13.2 Å². The predicted molar refractivity (Wildman–Crippen MR) is 98.1 cm³/mol. The fourth-order valence-electron chi connectivity index (χ4n) is 3.24. The van der Waals surface area contributed by atoms with Crippen LogP contribution in [0.15, 0.2) is 18.2 Å².